The monoisotopic (exact) mass is 253 g/mol. The van der Waals surface area contributed by atoms with E-state index in [-0.39, 0.29) is 11.5 Å². The maximum absolute atomic E-state index is 5.48. The predicted molar refractivity (Wildman–Crippen MR) is 71.9 cm³/mol. The smallest absolute Gasteiger partial charge is 0.218 e. The summed E-state index contributed by atoms with van der Waals surface area (Å²) in [7, 11) is 1.73. The van der Waals surface area contributed by atoms with Crippen LogP contribution in [0.2, 0.25) is 0 Å². The van der Waals surface area contributed by atoms with Crippen LogP contribution in [-0.4, -0.2) is 36.3 Å². The quantitative estimate of drug-likeness (QED) is 0.843. The predicted octanol–water partition coefficient (Wildman–Crippen LogP) is 2.35. The molecule has 0 aromatic carbocycles. The van der Waals surface area contributed by atoms with E-state index < -0.39 is 0 Å². The lowest BCUT2D eigenvalue weighted by atomic mass is 9.89. The molecular weight excluding hydrogens is 230 g/mol. The Morgan fingerprint density at radius 1 is 1.33 bits per heavy atom. The van der Waals surface area contributed by atoms with Gasteiger partial charge in [0.15, 0.2) is 0 Å². The standard InChI is InChI=1S/C13H23N3O2/c1-6-18-12-7-11(15-9-16-12)14-8-10(17-5)13(2,3)4/h7,9-10H,6,8H2,1-5H3,(H,14,15,16). The highest BCUT2D eigenvalue weighted by Crippen LogP contribution is 2.22. The lowest BCUT2D eigenvalue weighted by Gasteiger charge is -2.29. The van der Waals surface area contributed by atoms with Crippen molar-refractivity contribution in [3.05, 3.63) is 12.4 Å². The van der Waals surface area contributed by atoms with Crippen molar-refractivity contribution in [2.24, 2.45) is 5.41 Å². The average molecular weight is 253 g/mol. The lowest BCUT2D eigenvalue weighted by Crippen LogP contribution is -2.35. The van der Waals surface area contributed by atoms with Crippen LogP contribution in [0.4, 0.5) is 5.82 Å². The van der Waals surface area contributed by atoms with Gasteiger partial charge in [-0.2, -0.15) is 0 Å². The van der Waals surface area contributed by atoms with Crippen LogP contribution in [0.15, 0.2) is 12.4 Å². The van der Waals surface area contributed by atoms with Crippen LogP contribution in [0.3, 0.4) is 0 Å². The Kier molecular flexibility index (Phi) is 5.34. The first-order valence-corrected chi connectivity index (χ1v) is 6.19. The fraction of sp³-hybridized carbons (Fsp3) is 0.692. The lowest BCUT2D eigenvalue weighted by molar-refractivity contribution is 0.0268. The average Bonchev–Trinajstić information content (AvgIpc) is 2.29. The molecule has 0 aliphatic heterocycles. The van der Waals surface area contributed by atoms with Gasteiger partial charge in [-0.25, -0.2) is 9.97 Å². The fourth-order valence-electron chi connectivity index (χ4n) is 1.60. The molecule has 0 saturated heterocycles. The molecule has 0 fully saturated rings. The third kappa shape index (κ3) is 4.49. The normalized spacial score (nSPS) is 13.2. The van der Waals surface area contributed by atoms with Crippen LogP contribution in [0.25, 0.3) is 0 Å². The number of anilines is 1. The third-order valence-corrected chi connectivity index (χ3v) is 2.65. The second kappa shape index (κ2) is 6.54. The summed E-state index contributed by atoms with van der Waals surface area (Å²) >= 11 is 0. The molecule has 0 spiro atoms. The van der Waals surface area contributed by atoms with E-state index in [0.29, 0.717) is 19.0 Å². The van der Waals surface area contributed by atoms with Crippen LogP contribution in [0, 0.1) is 5.41 Å². The van der Waals surface area contributed by atoms with Gasteiger partial charge in [-0.1, -0.05) is 20.8 Å². The highest BCUT2D eigenvalue weighted by molar-refractivity contribution is 5.37. The molecule has 102 valence electrons. The zero-order valence-electron chi connectivity index (χ0n) is 11.9. The fourth-order valence-corrected chi connectivity index (χ4v) is 1.60. The minimum atomic E-state index is 0.0809. The maximum Gasteiger partial charge on any atom is 0.218 e. The summed E-state index contributed by atoms with van der Waals surface area (Å²) in [4.78, 5) is 8.17. The summed E-state index contributed by atoms with van der Waals surface area (Å²) in [5.41, 5.74) is 0.0809. The van der Waals surface area contributed by atoms with Crippen LogP contribution in [0.5, 0.6) is 5.88 Å². The molecule has 0 aliphatic carbocycles. The molecular formula is C13H23N3O2. The van der Waals surface area contributed by atoms with Gasteiger partial charge in [0.05, 0.1) is 12.7 Å². The van der Waals surface area contributed by atoms with Crippen molar-refractivity contribution >= 4 is 5.82 Å². The molecule has 0 amide bonds. The summed E-state index contributed by atoms with van der Waals surface area (Å²) in [6, 6.07) is 1.79. The van der Waals surface area contributed by atoms with Crippen LogP contribution >= 0.6 is 0 Å². The van der Waals surface area contributed by atoms with Gasteiger partial charge < -0.3 is 14.8 Å². The first-order chi connectivity index (χ1) is 8.47. The van der Waals surface area contributed by atoms with Gasteiger partial charge >= 0.3 is 0 Å². The molecule has 1 atom stereocenters. The molecule has 1 N–H and O–H groups in total. The zero-order valence-corrected chi connectivity index (χ0v) is 11.9. The number of aromatic nitrogens is 2. The molecule has 18 heavy (non-hydrogen) atoms. The molecule has 1 unspecified atom stereocenters. The largest absolute Gasteiger partial charge is 0.478 e. The number of nitrogens with one attached hydrogen (secondary N) is 1. The first kappa shape index (κ1) is 14.7. The topological polar surface area (TPSA) is 56.3 Å². The van der Waals surface area contributed by atoms with Crippen molar-refractivity contribution in [3.8, 4) is 5.88 Å². The summed E-state index contributed by atoms with van der Waals surface area (Å²) < 4.78 is 10.8. The van der Waals surface area contributed by atoms with E-state index in [9.17, 15) is 0 Å². The number of nitrogens with zero attached hydrogens (tertiary/aromatic N) is 2. The zero-order chi connectivity index (χ0) is 13.6. The summed E-state index contributed by atoms with van der Waals surface area (Å²) in [6.45, 7) is 9.66. The van der Waals surface area contributed by atoms with E-state index in [1.54, 1.807) is 13.2 Å². The molecule has 0 radical (unpaired) electrons. The molecule has 1 heterocycles. The van der Waals surface area contributed by atoms with Crippen molar-refractivity contribution in [1.29, 1.82) is 0 Å². The van der Waals surface area contributed by atoms with E-state index in [1.807, 2.05) is 6.92 Å². The van der Waals surface area contributed by atoms with Gasteiger partial charge in [0.2, 0.25) is 5.88 Å². The highest BCUT2D eigenvalue weighted by Gasteiger charge is 2.24. The Morgan fingerprint density at radius 2 is 2.06 bits per heavy atom. The van der Waals surface area contributed by atoms with Gasteiger partial charge in [-0.15, -0.1) is 0 Å². The number of ether oxygens (including phenoxy) is 2. The Hall–Kier alpha value is -1.36. The maximum atomic E-state index is 5.48. The molecule has 1 aromatic heterocycles. The van der Waals surface area contributed by atoms with E-state index in [4.69, 9.17) is 9.47 Å². The second-order valence-electron chi connectivity index (χ2n) is 5.15. The van der Waals surface area contributed by atoms with Gasteiger partial charge in [-0.3, -0.25) is 0 Å². The Labute approximate surface area is 109 Å². The van der Waals surface area contributed by atoms with E-state index in [0.717, 1.165) is 5.82 Å². The van der Waals surface area contributed by atoms with Gasteiger partial charge in [0.25, 0.3) is 0 Å². The Balaban J connectivity index is 2.59. The molecule has 1 rings (SSSR count). The van der Waals surface area contributed by atoms with Crippen molar-refractivity contribution in [2.45, 2.75) is 33.8 Å². The number of rotatable bonds is 6. The van der Waals surface area contributed by atoms with E-state index in [1.165, 1.54) is 6.33 Å². The summed E-state index contributed by atoms with van der Waals surface area (Å²) in [6.07, 6.45) is 1.61. The highest BCUT2D eigenvalue weighted by atomic mass is 16.5. The summed E-state index contributed by atoms with van der Waals surface area (Å²) in [5, 5.41) is 3.24. The van der Waals surface area contributed by atoms with Crippen LogP contribution < -0.4 is 10.1 Å². The number of hydrogen-bond acceptors (Lipinski definition) is 5. The van der Waals surface area contributed by atoms with Crippen LogP contribution in [-0.2, 0) is 4.74 Å². The summed E-state index contributed by atoms with van der Waals surface area (Å²) in [5.74, 6) is 1.33. The Bertz CT molecular complexity index is 363. The van der Waals surface area contributed by atoms with E-state index in [2.05, 4.69) is 36.1 Å². The SMILES string of the molecule is CCOc1cc(NCC(OC)C(C)(C)C)ncn1. The van der Waals surface area contributed by atoms with Crippen molar-refractivity contribution in [1.82, 2.24) is 9.97 Å². The van der Waals surface area contributed by atoms with Gasteiger partial charge in [-0.05, 0) is 12.3 Å². The van der Waals surface area contributed by atoms with Crippen molar-refractivity contribution in [3.63, 3.8) is 0 Å². The van der Waals surface area contributed by atoms with E-state index >= 15 is 0 Å². The molecule has 5 heteroatoms. The van der Waals surface area contributed by atoms with Gasteiger partial charge in [0.1, 0.15) is 12.1 Å². The van der Waals surface area contributed by atoms with Crippen LogP contribution in [0.1, 0.15) is 27.7 Å². The molecule has 5 nitrogen and oxygen atoms in total. The van der Waals surface area contributed by atoms with Gasteiger partial charge in [0, 0.05) is 19.7 Å². The first-order valence-electron chi connectivity index (χ1n) is 6.19. The minimum absolute atomic E-state index is 0.0809. The molecule has 0 saturated carbocycles. The molecule has 0 aliphatic rings. The number of hydrogen-bond donors (Lipinski definition) is 1. The third-order valence-electron chi connectivity index (χ3n) is 2.65. The second-order valence-corrected chi connectivity index (χ2v) is 5.15. The Morgan fingerprint density at radius 3 is 2.61 bits per heavy atom. The molecule has 0 bridgehead atoms. The molecule has 1 aromatic rings. The minimum Gasteiger partial charge on any atom is -0.478 e. The van der Waals surface area contributed by atoms with Crippen molar-refractivity contribution < 1.29 is 9.47 Å². The number of methoxy groups -OCH3 is 1. The van der Waals surface area contributed by atoms with Crippen molar-refractivity contribution in [2.75, 3.05) is 25.6 Å².